The highest BCUT2D eigenvalue weighted by Gasteiger charge is 2.18. The second-order valence-corrected chi connectivity index (χ2v) is 5.01. The van der Waals surface area contributed by atoms with Crippen molar-refractivity contribution in [2.24, 2.45) is 7.05 Å². The summed E-state index contributed by atoms with van der Waals surface area (Å²) in [6.45, 7) is 6.20. The lowest BCUT2D eigenvalue weighted by Gasteiger charge is -2.18. The van der Waals surface area contributed by atoms with E-state index < -0.39 is 0 Å². The molecule has 0 radical (unpaired) electrons. The zero-order chi connectivity index (χ0) is 14.4. The first-order valence-electron chi connectivity index (χ1n) is 7.33. The first-order chi connectivity index (χ1) is 9.76. The number of aromatic nitrogens is 5. The van der Waals surface area contributed by atoms with E-state index in [1.165, 1.54) is 0 Å². The van der Waals surface area contributed by atoms with E-state index in [1.807, 2.05) is 24.1 Å². The van der Waals surface area contributed by atoms with Crippen LogP contribution >= 0.6 is 0 Å². The molecule has 2 aromatic heterocycles. The highest BCUT2D eigenvalue weighted by atomic mass is 15.3. The maximum absolute atomic E-state index is 4.47. The summed E-state index contributed by atoms with van der Waals surface area (Å²) in [5.41, 5.74) is 0. The summed E-state index contributed by atoms with van der Waals surface area (Å²) in [7, 11) is 2.03. The average Bonchev–Trinajstić information content (AvgIpc) is 3.04. The van der Waals surface area contributed by atoms with Crippen molar-refractivity contribution >= 4 is 0 Å². The quantitative estimate of drug-likeness (QED) is 0.797. The fourth-order valence-electron chi connectivity index (χ4n) is 2.31. The van der Waals surface area contributed by atoms with Crippen molar-refractivity contribution in [1.29, 1.82) is 0 Å². The van der Waals surface area contributed by atoms with Gasteiger partial charge >= 0.3 is 0 Å². The molecule has 110 valence electrons. The second-order valence-electron chi connectivity index (χ2n) is 5.01. The molecule has 0 aliphatic heterocycles. The van der Waals surface area contributed by atoms with Crippen LogP contribution in [0.4, 0.5) is 0 Å². The molecule has 0 aliphatic rings. The molecule has 2 heterocycles. The van der Waals surface area contributed by atoms with Crippen LogP contribution < -0.4 is 5.32 Å². The van der Waals surface area contributed by atoms with Gasteiger partial charge in [0.1, 0.15) is 18.0 Å². The Morgan fingerprint density at radius 3 is 2.75 bits per heavy atom. The molecule has 0 aliphatic carbocycles. The van der Waals surface area contributed by atoms with E-state index in [1.54, 1.807) is 6.33 Å². The van der Waals surface area contributed by atoms with E-state index in [0.29, 0.717) is 0 Å². The number of aryl methyl sites for hydroxylation is 2. The lowest BCUT2D eigenvalue weighted by molar-refractivity contribution is 0.462. The van der Waals surface area contributed by atoms with Gasteiger partial charge in [-0.2, -0.15) is 5.10 Å². The van der Waals surface area contributed by atoms with E-state index in [4.69, 9.17) is 0 Å². The first kappa shape index (κ1) is 14.7. The van der Waals surface area contributed by atoms with Crippen molar-refractivity contribution in [3.05, 3.63) is 30.4 Å². The molecule has 0 spiro atoms. The summed E-state index contributed by atoms with van der Waals surface area (Å²) in [5, 5.41) is 7.85. The maximum Gasteiger partial charge on any atom is 0.138 e. The van der Waals surface area contributed by atoms with E-state index >= 15 is 0 Å². The van der Waals surface area contributed by atoms with Gasteiger partial charge in [-0.25, -0.2) is 9.97 Å². The topological polar surface area (TPSA) is 60.6 Å². The number of hydrogen-bond donors (Lipinski definition) is 1. The van der Waals surface area contributed by atoms with Gasteiger partial charge in [-0.05, 0) is 19.4 Å². The molecule has 1 N–H and O–H groups in total. The van der Waals surface area contributed by atoms with Crippen LogP contribution in [-0.2, 0) is 20.0 Å². The van der Waals surface area contributed by atoms with E-state index in [-0.39, 0.29) is 6.04 Å². The van der Waals surface area contributed by atoms with Crippen LogP contribution in [0.3, 0.4) is 0 Å². The molecule has 0 saturated heterocycles. The normalized spacial score (nSPS) is 12.8. The third kappa shape index (κ3) is 3.45. The fraction of sp³-hybridized carbons (Fsp3) is 0.643. The first-order valence-corrected chi connectivity index (χ1v) is 7.33. The monoisotopic (exact) mass is 276 g/mol. The summed E-state index contributed by atoms with van der Waals surface area (Å²) >= 11 is 0. The number of rotatable bonds is 8. The molecule has 0 saturated carbocycles. The molecule has 20 heavy (non-hydrogen) atoms. The maximum atomic E-state index is 4.47. The van der Waals surface area contributed by atoms with Crippen molar-refractivity contribution in [2.45, 2.75) is 45.7 Å². The standard InChI is InChI=1S/C14H24N6/c1-4-6-15-12(14-16-7-9-19(14)3)10-13-17-11-18-20(13)8-5-2/h7,9,11-12,15H,4-6,8,10H2,1-3H3. The summed E-state index contributed by atoms with van der Waals surface area (Å²) in [6.07, 6.45) is 8.43. The van der Waals surface area contributed by atoms with Gasteiger partial charge in [-0.3, -0.25) is 4.68 Å². The molecule has 0 fully saturated rings. The predicted octanol–water partition coefficient (Wildman–Crippen LogP) is 1.70. The van der Waals surface area contributed by atoms with Gasteiger partial charge in [0.2, 0.25) is 0 Å². The zero-order valence-electron chi connectivity index (χ0n) is 12.6. The van der Waals surface area contributed by atoms with Crippen molar-refractivity contribution < 1.29 is 0 Å². The lowest BCUT2D eigenvalue weighted by atomic mass is 10.1. The highest BCUT2D eigenvalue weighted by Crippen LogP contribution is 2.15. The van der Waals surface area contributed by atoms with Gasteiger partial charge in [0.15, 0.2) is 0 Å². The van der Waals surface area contributed by atoms with Crippen LogP contribution in [0.5, 0.6) is 0 Å². The number of hydrogen-bond acceptors (Lipinski definition) is 4. The van der Waals surface area contributed by atoms with Crippen molar-refractivity contribution in [2.75, 3.05) is 6.54 Å². The Morgan fingerprint density at radius 2 is 2.10 bits per heavy atom. The van der Waals surface area contributed by atoms with Crippen molar-refractivity contribution in [1.82, 2.24) is 29.6 Å². The molecule has 0 aromatic carbocycles. The largest absolute Gasteiger partial charge is 0.337 e. The molecule has 6 heteroatoms. The molecular weight excluding hydrogens is 252 g/mol. The lowest BCUT2D eigenvalue weighted by Crippen LogP contribution is -2.27. The Hall–Kier alpha value is -1.69. The van der Waals surface area contributed by atoms with Crippen molar-refractivity contribution in [3.8, 4) is 0 Å². The minimum atomic E-state index is 0.176. The molecular formula is C14H24N6. The van der Waals surface area contributed by atoms with Gasteiger partial charge in [-0.15, -0.1) is 0 Å². The van der Waals surface area contributed by atoms with Crippen LogP contribution in [0.25, 0.3) is 0 Å². The third-order valence-electron chi connectivity index (χ3n) is 3.33. The SMILES string of the molecule is CCCNC(Cc1ncnn1CCC)c1nccn1C. The summed E-state index contributed by atoms with van der Waals surface area (Å²) in [6, 6.07) is 0.176. The van der Waals surface area contributed by atoms with E-state index in [2.05, 4.69) is 38.8 Å². The Kier molecular flexibility index (Phi) is 5.29. The fourth-order valence-corrected chi connectivity index (χ4v) is 2.31. The summed E-state index contributed by atoms with van der Waals surface area (Å²) in [5.74, 6) is 2.06. The zero-order valence-corrected chi connectivity index (χ0v) is 12.6. The van der Waals surface area contributed by atoms with Crippen LogP contribution in [0, 0.1) is 0 Å². The Bertz CT molecular complexity index is 515. The molecule has 0 amide bonds. The molecule has 0 bridgehead atoms. The highest BCUT2D eigenvalue weighted by molar-refractivity contribution is 5.03. The molecule has 1 unspecified atom stereocenters. The van der Waals surface area contributed by atoms with Gasteiger partial charge < -0.3 is 9.88 Å². The molecule has 6 nitrogen and oxygen atoms in total. The predicted molar refractivity (Wildman–Crippen MR) is 78.3 cm³/mol. The van der Waals surface area contributed by atoms with E-state index in [0.717, 1.165) is 44.0 Å². The van der Waals surface area contributed by atoms with E-state index in [9.17, 15) is 0 Å². The smallest absolute Gasteiger partial charge is 0.138 e. The van der Waals surface area contributed by atoms with Gasteiger partial charge in [0.05, 0.1) is 6.04 Å². The minimum absolute atomic E-state index is 0.176. The number of imidazole rings is 1. The van der Waals surface area contributed by atoms with Crippen molar-refractivity contribution in [3.63, 3.8) is 0 Å². The van der Waals surface area contributed by atoms with Gasteiger partial charge in [-0.1, -0.05) is 13.8 Å². The van der Waals surface area contributed by atoms with Crippen LogP contribution in [0.2, 0.25) is 0 Å². The van der Waals surface area contributed by atoms with Crippen LogP contribution in [0.15, 0.2) is 18.7 Å². The average molecular weight is 276 g/mol. The van der Waals surface area contributed by atoms with Crippen LogP contribution in [-0.4, -0.2) is 30.9 Å². The number of nitrogens with one attached hydrogen (secondary N) is 1. The molecule has 1 atom stereocenters. The van der Waals surface area contributed by atoms with Crippen LogP contribution in [0.1, 0.15) is 44.4 Å². The Balaban J connectivity index is 2.15. The molecule has 2 rings (SSSR count). The second kappa shape index (κ2) is 7.19. The number of nitrogens with zero attached hydrogens (tertiary/aromatic N) is 5. The Morgan fingerprint density at radius 1 is 1.25 bits per heavy atom. The summed E-state index contributed by atoms with van der Waals surface area (Å²) in [4.78, 5) is 8.87. The third-order valence-corrected chi connectivity index (χ3v) is 3.33. The van der Waals surface area contributed by atoms with Gasteiger partial charge in [0.25, 0.3) is 0 Å². The van der Waals surface area contributed by atoms with Gasteiger partial charge in [0, 0.05) is 32.4 Å². The Labute approximate surface area is 120 Å². The summed E-state index contributed by atoms with van der Waals surface area (Å²) < 4.78 is 4.05. The molecule has 2 aromatic rings. The minimum Gasteiger partial charge on any atom is -0.337 e.